The third kappa shape index (κ3) is 3.50. The van der Waals surface area contributed by atoms with Crippen LogP contribution < -0.4 is 4.90 Å². The lowest BCUT2D eigenvalue weighted by molar-refractivity contribution is 0.195. The number of anilines is 1. The third-order valence-electron chi connectivity index (χ3n) is 4.80. The first kappa shape index (κ1) is 14.6. The molecule has 0 bridgehead atoms. The van der Waals surface area contributed by atoms with Gasteiger partial charge in [0.05, 0.1) is 18.9 Å². The van der Waals surface area contributed by atoms with Crippen molar-refractivity contribution in [3.05, 3.63) is 31.0 Å². The summed E-state index contributed by atoms with van der Waals surface area (Å²) in [4.78, 5) is 15.4. The van der Waals surface area contributed by atoms with Crippen LogP contribution in [0.1, 0.15) is 25.7 Å². The molecule has 1 aliphatic heterocycles. The molecule has 2 fully saturated rings. The van der Waals surface area contributed by atoms with Crippen LogP contribution in [0.15, 0.2) is 31.0 Å². The van der Waals surface area contributed by atoms with Crippen LogP contribution in [0.3, 0.4) is 0 Å². The van der Waals surface area contributed by atoms with Gasteiger partial charge >= 0.3 is 0 Å². The average Bonchev–Trinajstić information content (AvgIpc) is 3.29. The fourth-order valence-electron chi connectivity index (χ4n) is 3.47. The Labute approximate surface area is 136 Å². The van der Waals surface area contributed by atoms with Crippen LogP contribution in [-0.2, 0) is 6.54 Å². The molecule has 4 rings (SSSR count). The highest BCUT2D eigenvalue weighted by atomic mass is 15.5. The van der Waals surface area contributed by atoms with E-state index in [0.717, 1.165) is 32.0 Å². The molecule has 3 heterocycles. The van der Waals surface area contributed by atoms with E-state index < -0.39 is 0 Å². The molecule has 0 radical (unpaired) electrons. The standard InChI is InChI=1S/C16H23N7/c1-2-14(1)23(16-3-6-17-13-18-16)15-4-9-21(10-5-15)11-12-22-19-7-8-20-22/h3,6-8,13-15H,1-2,4-5,9-12H2. The predicted octanol–water partition coefficient (Wildman–Crippen LogP) is 1.20. The van der Waals surface area contributed by atoms with Crippen LogP contribution in [0.5, 0.6) is 0 Å². The van der Waals surface area contributed by atoms with Gasteiger partial charge in [-0.1, -0.05) is 0 Å². The minimum atomic E-state index is 0.608. The van der Waals surface area contributed by atoms with E-state index in [1.165, 1.54) is 25.7 Å². The molecule has 1 saturated carbocycles. The molecular formula is C16H23N7. The summed E-state index contributed by atoms with van der Waals surface area (Å²) in [7, 11) is 0. The second-order valence-corrected chi connectivity index (χ2v) is 6.40. The van der Waals surface area contributed by atoms with Gasteiger partial charge in [0.15, 0.2) is 0 Å². The van der Waals surface area contributed by atoms with Crippen molar-refractivity contribution in [2.24, 2.45) is 0 Å². The van der Waals surface area contributed by atoms with Gasteiger partial charge in [-0.05, 0) is 31.7 Å². The monoisotopic (exact) mass is 313 g/mol. The number of rotatable bonds is 6. The van der Waals surface area contributed by atoms with E-state index in [1.807, 2.05) is 12.3 Å². The zero-order valence-corrected chi connectivity index (χ0v) is 13.3. The molecule has 0 N–H and O–H groups in total. The molecule has 2 aromatic rings. The molecule has 0 spiro atoms. The van der Waals surface area contributed by atoms with Crippen LogP contribution in [0.25, 0.3) is 0 Å². The molecule has 7 heteroatoms. The van der Waals surface area contributed by atoms with E-state index in [4.69, 9.17) is 0 Å². The molecule has 1 aliphatic carbocycles. The summed E-state index contributed by atoms with van der Waals surface area (Å²) in [5, 5.41) is 8.34. The first-order valence-electron chi connectivity index (χ1n) is 8.51. The highest BCUT2D eigenvalue weighted by Crippen LogP contribution is 2.34. The molecule has 0 aromatic carbocycles. The minimum absolute atomic E-state index is 0.608. The van der Waals surface area contributed by atoms with Gasteiger partial charge < -0.3 is 9.80 Å². The number of piperidine rings is 1. The van der Waals surface area contributed by atoms with Crippen LogP contribution in [-0.4, -0.2) is 61.6 Å². The summed E-state index contributed by atoms with van der Waals surface area (Å²) in [6, 6.07) is 3.35. The topological polar surface area (TPSA) is 63.0 Å². The lowest BCUT2D eigenvalue weighted by Gasteiger charge is -2.39. The lowest BCUT2D eigenvalue weighted by atomic mass is 10.0. The molecule has 122 valence electrons. The van der Waals surface area contributed by atoms with Crippen molar-refractivity contribution < 1.29 is 0 Å². The second-order valence-electron chi connectivity index (χ2n) is 6.40. The molecule has 0 unspecified atom stereocenters. The Kier molecular flexibility index (Phi) is 4.19. The summed E-state index contributed by atoms with van der Waals surface area (Å²) in [5.74, 6) is 1.10. The summed E-state index contributed by atoms with van der Waals surface area (Å²) in [6.45, 7) is 4.18. The Morgan fingerprint density at radius 3 is 2.35 bits per heavy atom. The summed E-state index contributed by atoms with van der Waals surface area (Å²) < 4.78 is 0. The molecule has 0 amide bonds. The summed E-state index contributed by atoms with van der Waals surface area (Å²) >= 11 is 0. The largest absolute Gasteiger partial charge is 0.350 e. The molecule has 2 aliphatic rings. The zero-order valence-electron chi connectivity index (χ0n) is 13.3. The van der Waals surface area contributed by atoms with Crippen molar-refractivity contribution in [3.8, 4) is 0 Å². The van der Waals surface area contributed by atoms with Crippen molar-refractivity contribution in [2.45, 2.75) is 44.3 Å². The Hall–Kier alpha value is -2.02. The number of nitrogens with zero attached hydrogens (tertiary/aromatic N) is 7. The van der Waals surface area contributed by atoms with E-state index in [0.29, 0.717) is 12.1 Å². The van der Waals surface area contributed by atoms with Crippen LogP contribution in [0.2, 0.25) is 0 Å². The van der Waals surface area contributed by atoms with Gasteiger partial charge in [-0.15, -0.1) is 0 Å². The number of aromatic nitrogens is 5. The van der Waals surface area contributed by atoms with Gasteiger partial charge in [-0.2, -0.15) is 15.0 Å². The van der Waals surface area contributed by atoms with Gasteiger partial charge in [0.25, 0.3) is 0 Å². The van der Waals surface area contributed by atoms with Gasteiger partial charge in [0.2, 0.25) is 0 Å². The van der Waals surface area contributed by atoms with Gasteiger partial charge in [-0.25, -0.2) is 9.97 Å². The molecule has 23 heavy (non-hydrogen) atoms. The Morgan fingerprint density at radius 2 is 1.70 bits per heavy atom. The first-order chi connectivity index (χ1) is 11.4. The van der Waals surface area contributed by atoms with E-state index in [9.17, 15) is 0 Å². The van der Waals surface area contributed by atoms with E-state index in [1.54, 1.807) is 23.5 Å². The van der Waals surface area contributed by atoms with Crippen molar-refractivity contribution >= 4 is 5.82 Å². The normalized spacial score (nSPS) is 19.8. The highest BCUT2D eigenvalue weighted by molar-refractivity contribution is 5.41. The smallest absolute Gasteiger partial charge is 0.132 e. The van der Waals surface area contributed by atoms with Crippen molar-refractivity contribution in [1.29, 1.82) is 0 Å². The quantitative estimate of drug-likeness (QED) is 0.798. The molecule has 7 nitrogen and oxygen atoms in total. The molecular weight excluding hydrogens is 290 g/mol. The van der Waals surface area contributed by atoms with Crippen LogP contribution in [0, 0.1) is 0 Å². The maximum absolute atomic E-state index is 4.49. The lowest BCUT2D eigenvalue weighted by Crippen LogP contribution is -2.47. The Bertz CT molecular complexity index is 588. The minimum Gasteiger partial charge on any atom is -0.350 e. The molecule has 0 atom stereocenters. The zero-order chi connectivity index (χ0) is 15.5. The maximum atomic E-state index is 4.49. The Morgan fingerprint density at radius 1 is 0.957 bits per heavy atom. The first-order valence-corrected chi connectivity index (χ1v) is 8.51. The fourth-order valence-corrected chi connectivity index (χ4v) is 3.47. The predicted molar refractivity (Wildman–Crippen MR) is 87.0 cm³/mol. The van der Waals surface area contributed by atoms with E-state index in [2.05, 4.69) is 30.0 Å². The van der Waals surface area contributed by atoms with Crippen LogP contribution >= 0.6 is 0 Å². The van der Waals surface area contributed by atoms with Crippen LogP contribution in [0.4, 0.5) is 5.82 Å². The number of likely N-dealkylation sites (tertiary alicyclic amines) is 1. The second kappa shape index (κ2) is 6.62. The third-order valence-corrected chi connectivity index (χ3v) is 4.80. The highest BCUT2D eigenvalue weighted by Gasteiger charge is 2.36. The number of hydrogen-bond donors (Lipinski definition) is 0. The van der Waals surface area contributed by atoms with Gasteiger partial charge in [-0.3, -0.25) is 0 Å². The van der Waals surface area contributed by atoms with Gasteiger partial charge in [0.1, 0.15) is 12.1 Å². The van der Waals surface area contributed by atoms with Gasteiger partial charge in [0, 0.05) is 37.9 Å². The maximum Gasteiger partial charge on any atom is 0.132 e. The molecule has 2 aromatic heterocycles. The SMILES string of the molecule is c1cc(N(C2CC2)C2CCN(CCn3nccn3)CC2)ncn1. The summed E-state index contributed by atoms with van der Waals surface area (Å²) in [6.07, 6.45) is 12.0. The average molecular weight is 313 g/mol. The van der Waals surface area contributed by atoms with E-state index in [-0.39, 0.29) is 0 Å². The van der Waals surface area contributed by atoms with Crippen molar-refractivity contribution in [3.63, 3.8) is 0 Å². The molecule has 1 saturated heterocycles. The summed E-state index contributed by atoms with van der Waals surface area (Å²) in [5.41, 5.74) is 0. The number of hydrogen-bond acceptors (Lipinski definition) is 6. The van der Waals surface area contributed by atoms with E-state index >= 15 is 0 Å². The van der Waals surface area contributed by atoms with Crippen molar-refractivity contribution in [1.82, 2.24) is 29.9 Å². The fraction of sp³-hybridized carbons (Fsp3) is 0.625. The Balaban J connectivity index is 1.33. The van der Waals surface area contributed by atoms with Crippen molar-refractivity contribution in [2.75, 3.05) is 24.5 Å².